The van der Waals surface area contributed by atoms with Crippen molar-refractivity contribution < 1.29 is 9.47 Å². The van der Waals surface area contributed by atoms with Crippen LogP contribution in [-0.2, 0) is 6.42 Å². The van der Waals surface area contributed by atoms with Gasteiger partial charge in [-0.05, 0) is 18.4 Å². The van der Waals surface area contributed by atoms with Crippen LogP contribution in [0, 0.1) is 0 Å². The summed E-state index contributed by atoms with van der Waals surface area (Å²) in [7, 11) is 3.21. The van der Waals surface area contributed by atoms with Crippen molar-refractivity contribution in [3.8, 4) is 11.9 Å². The fourth-order valence-corrected chi connectivity index (χ4v) is 2.68. The number of hydrogen-bond donors (Lipinski definition) is 0. The zero-order valence-electron chi connectivity index (χ0n) is 11.1. The minimum absolute atomic E-state index is 0.307. The summed E-state index contributed by atoms with van der Waals surface area (Å²) in [5, 5.41) is 0. The Hall–Kier alpha value is -2.10. The summed E-state index contributed by atoms with van der Waals surface area (Å²) in [5.41, 5.74) is 3.43. The number of methoxy groups -OCH3 is 2. The summed E-state index contributed by atoms with van der Waals surface area (Å²) in [6, 6.07) is 10.8. The summed E-state index contributed by atoms with van der Waals surface area (Å²) < 4.78 is 10.5. The van der Waals surface area contributed by atoms with Gasteiger partial charge in [0.2, 0.25) is 5.88 Å². The van der Waals surface area contributed by atoms with Gasteiger partial charge in [-0.15, -0.1) is 0 Å². The van der Waals surface area contributed by atoms with E-state index in [9.17, 15) is 0 Å². The van der Waals surface area contributed by atoms with E-state index in [0.29, 0.717) is 17.8 Å². The SMILES string of the molecule is COc1nc(OC)c2c(n1)C(c1ccccc1)CC2. The molecule has 0 saturated carbocycles. The minimum Gasteiger partial charge on any atom is -0.481 e. The molecule has 4 heteroatoms. The molecule has 3 rings (SSSR count). The van der Waals surface area contributed by atoms with Crippen LogP contribution in [0.3, 0.4) is 0 Å². The van der Waals surface area contributed by atoms with Crippen LogP contribution in [0.1, 0.15) is 29.2 Å². The van der Waals surface area contributed by atoms with Gasteiger partial charge in [-0.25, -0.2) is 0 Å². The van der Waals surface area contributed by atoms with Crippen LogP contribution < -0.4 is 9.47 Å². The van der Waals surface area contributed by atoms with E-state index in [-0.39, 0.29) is 0 Å². The van der Waals surface area contributed by atoms with Gasteiger partial charge < -0.3 is 9.47 Å². The van der Waals surface area contributed by atoms with Gasteiger partial charge >= 0.3 is 6.01 Å². The number of ether oxygens (including phenoxy) is 2. The third-order valence-electron chi connectivity index (χ3n) is 3.57. The number of nitrogens with zero attached hydrogens (tertiary/aromatic N) is 2. The van der Waals surface area contributed by atoms with E-state index in [0.717, 1.165) is 24.1 Å². The highest BCUT2D eigenvalue weighted by atomic mass is 16.5. The first-order valence-corrected chi connectivity index (χ1v) is 6.37. The molecule has 1 atom stereocenters. The first-order valence-electron chi connectivity index (χ1n) is 6.37. The molecule has 2 aromatic rings. The molecule has 0 N–H and O–H groups in total. The van der Waals surface area contributed by atoms with Crippen molar-refractivity contribution in [3.05, 3.63) is 47.2 Å². The second-order valence-electron chi connectivity index (χ2n) is 4.59. The molecule has 1 aromatic carbocycles. The van der Waals surface area contributed by atoms with E-state index in [1.165, 1.54) is 5.56 Å². The quantitative estimate of drug-likeness (QED) is 0.846. The molecular formula is C15H16N2O2. The van der Waals surface area contributed by atoms with E-state index in [4.69, 9.17) is 9.47 Å². The van der Waals surface area contributed by atoms with Gasteiger partial charge in [-0.2, -0.15) is 9.97 Å². The van der Waals surface area contributed by atoms with E-state index < -0.39 is 0 Å². The highest BCUT2D eigenvalue weighted by Crippen LogP contribution is 2.40. The Labute approximate surface area is 112 Å². The van der Waals surface area contributed by atoms with E-state index >= 15 is 0 Å². The van der Waals surface area contributed by atoms with Gasteiger partial charge in [0.05, 0.1) is 19.9 Å². The molecule has 1 heterocycles. The predicted octanol–water partition coefficient (Wildman–Crippen LogP) is 2.57. The third-order valence-corrected chi connectivity index (χ3v) is 3.57. The van der Waals surface area contributed by atoms with Crippen molar-refractivity contribution in [2.75, 3.05) is 14.2 Å². The first kappa shape index (κ1) is 12.0. The van der Waals surface area contributed by atoms with E-state index in [1.807, 2.05) is 6.07 Å². The average molecular weight is 256 g/mol. The highest BCUT2D eigenvalue weighted by molar-refractivity contribution is 5.43. The van der Waals surface area contributed by atoms with Crippen LogP contribution in [0.15, 0.2) is 30.3 Å². The van der Waals surface area contributed by atoms with Gasteiger partial charge in [0, 0.05) is 11.5 Å². The largest absolute Gasteiger partial charge is 0.481 e. The lowest BCUT2D eigenvalue weighted by atomic mass is 9.97. The van der Waals surface area contributed by atoms with Gasteiger partial charge in [-0.1, -0.05) is 30.3 Å². The number of benzene rings is 1. The third kappa shape index (κ3) is 2.03. The van der Waals surface area contributed by atoms with Gasteiger partial charge in [-0.3, -0.25) is 0 Å². The molecule has 0 bridgehead atoms. The van der Waals surface area contributed by atoms with Crippen LogP contribution in [0.25, 0.3) is 0 Å². The van der Waals surface area contributed by atoms with E-state index in [1.54, 1.807) is 14.2 Å². The molecule has 19 heavy (non-hydrogen) atoms. The van der Waals surface area contributed by atoms with Crippen molar-refractivity contribution in [2.24, 2.45) is 0 Å². The molecule has 1 unspecified atom stereocenters. The molecule has 0 amide bonds. The molecule has 1 aromatic heterocycles. The van der Waals surface area contributed by atoms with Crippen LogP contribution >= 0.6 is 0 Å². The van der Waals surface area contributed by atoms with Crippen LogP contribution in [0.5, 0.6) is 11.9 Å². The van der Waals surface area contributed by atoms with Crippen molar-refractivity contribution >= 4 is 0 Å². The fourth-order valence-electron chi connectivity index (χ4n) is 2.68. The maximum Gasteiger partial charge on any atom is 0.319 e. The molecule has 0 spiro atoms. The molecule has 0 fully saturated rings. The van der Waals surface area contributed by atoms with Crippen molar-refractivity contribution in [3.63, 3.8) is 0 Å². The second-order valence-corrected chi connectivity index (χ2v) is 4.59. The minimum atomic E-state index is 0.307. The lowest BCUT2D eigenvalue weighted by molar-refractivity contribution is 0.348. The summed E-state index contributed by atoms with van der Waals surface area (Å²) in [6.45, 7) is 0. The van der Waals surface area contributed by atoms with Crippen molar-refractivity contribution in [2.45, 2.75) is 18.8 Å². The molecule has 0 radical (unpaired) electrons. The Morgan fingerprint density at radius 2 is 1.84 bits per heavy atom. The molecular weight excluding hydrogens is 240 g/mol. The monoisotopic (exact) mass is 256 g/mol. The van der Waals surface area contributed by atoms with Crippen molar-refractivity contribution in [1.29, 1.82) is 0 Å². The maximum absolute atomic E-state index is 5.35. The lowest BCUT2D eigenvalue weighted by Gasteiger charge is -2.12. The molecule has 1 aliphatic carbocycles. The topological polar surface area (TPSA) is 44.2 Å². The number of aromatic nitrogens is 2. The lowest BCUT2D eigenvalue weighted by Crippen LogP contribution is -2.04. The number of fused-ring (bicyclic) bond motifs is 1. The van der Waals surface area contributed by atoms with Crippen molar-refractivity contribution in [1.82, 2.24) is 9.97 Å². The van der Waals surface area contributed by atoms with Gasteiger partial charge in [0.1, 0.15) is 0 Å². The van der Waals surface area contributed by atoms with Gasteiger partial charge in [0.25, 0.3) is 0 Å². The fraction of sp³-hybridized carbons (Fsp3) is 0.333. The van der Waals surface area contributed by atoms with Crippen LogP contribution in [0.2, 0.25) is 0 Å². The summed E-state index contributed by atoms with van der Waals surface area (Å²) >= 11 is 0. The molecule has 0 saturated heterocycles. The standard InChI is InChI=1S/C15H16N2O2/c1-18-14-12-9-8-11(10-6-4-3-5-7-10)13(12)16-15(17-14)19-2/h3-7,11H,8-9H2,1-2H3. The number of rotatable bonds is 3. The average Bonchev–Trinajstić information content (AvgIpc) is 2.90. The number of hydrogen-bond acceptors (Lipinski definition) is 4. The Morgan fingerprint density at radius 1 is 1.05 bits per heavy atom. The normalized spacial score (nSPS) is 17.1. The maximum atomic E-state index is 5.35. The Morgan fingerprint density at radius 3 is 2.53 bits per heavy atom. The second kappa shape index (κ2) is 4.88. The summed E-state index contributed by atoms with van der Waals surface area (Å²) in [6.07, 6.45) is 1.99. The molecule has 4 nitrogen and oxygen atoms in total. The summed E-state index contributed by atoms with van der Waals surface area (Å²) in [4.78, 5) is 8.78. The predicted molar refractivity (Wildman–Crippen MR) is 71.7 cm³/mol. The molecule has 0 aliphatic heterocycles. The first-order chi connectivity index (χ1) is 9.33. The highest BCUT2D eigenvalue weighted by Gasteiger charge is 2.30. The van der Waals surface area contributed by atoms with Crippen LogP contribution in [-0.4, -0.2) is 24.2 Å². The molecule has 1 aliphatic rings. The Kier molecular flexibility index (Phi) is 3.07. The Bertz CT molecular complexity index is 584. The zero-order chi connectivity index (χ0) is 13.2. The smallest absolute Gasteiger partial charge is 0.319 e. The zero-order valence-corrected chi connectivity index (χ0v) is 11.1. The van der Waals surface area contributed by atoms with Gasteiger partial charge in [0.15, 0.2) is 0 Å². The Balaban J connectivity index is 2.09. The van der Waals surface area contributed by atoms with Crippen LogP contribution in [0.4, 0.5) is 0 Å². The molecule has 98 valence electrons. The summed E-state index contributed by atoms with van der Waals surface area (Å²) in [5.74, 6) is 0.947. The van der Waals surface area contributed by atoms with E-state index in [2.05, 4.69) is 34.2 Å².